The third-order valence-electron chi connectivity index (χ3n) is 3.86. The van der Waals surface area contributed by atoms with Crippen LogP contribution in [0.15, 0.2) is 33.9 Å². The van der Waals surface area contributed by atoms with Crippen molar-refractivity contribution in [3.05, 3.63) is 67.2 Å². The Morgan fingerprint density at radius 2 is 1.37 bits per heavy atom. The molecule has 11 nitrogen and oxygen atoms in total. The number of hydrogen-bond donors (Lipinski definition) is 6. The molecule has 1 aromatic carbocycles. The van der Waals surface area contributed by atoms with Crippen LogP contribution in [0.1, 0.15) is 28.2 Å². The lowest BCUT2D eigenvalue weighted by molar-refractivity contribution is 0.433. The van der Waals surface area contributed by atoms with Crippen molar-refractivity contribution >= 4 is 11.9 Å². The molecule has 0 aliphatic carbocycles. The van der Waals surface area contributed by atoms with E-state index in [4.69, 9.17) is 16.7 Å². The zero-order valence-corrected chi connectivity index (χ0v) is 13.6. The summed E-state index contributed by atoms with van der Waals surface area (Å²) in [5.41, 5.74) is 9.18. The topological polar surface area (TPSA) is 208 Å². The normalized spacial score (nSPS) is 10.7. The van der Waals surface area contributed by atoms with E-state index in [0.29, 0.717) is 11.1 Å². The number of benzene rings is 1. The summed E-state index contributed by atoms with van der Waals surface area (Å²) in [7, 11) is 0. The van der Waals surface area contributed by atoms with Gasteiger partial charge in [-0.3, -0.25) is 19.6 Å². The minimum Gasteiger partial charge on any atom is -0.493 e. The molecule has 136 valence electrons. The third kappa shape index (κ3) is 3.14. The lowest BCUT2D eigenvalue weighted by atomic mass is 9.86. The van der Waals surface area contributed by atoms with E-state index in [0.717, 1.165) is 0 Å². The monoisotopic (exact) mass is 367 g/mol. The number of H-pyrrole nitrogens is 2. The Morgan fingerprint density at radius 3 is 1.74 bits per heavy atom. The van der Waals surface area contributed by atoms with E-state index in [9.17, 15) is 19.8 Å². The Labute approximate surface area is 150 Å². The second kappa shape index (κ2) is 6.52. The molecule has 0 atom stereocenters. The Hall–Kier alpha value is -4.33. The minimum absolute atomic E-state index is 0.314. The molecule has 0 radical (unpaired) electrons. The Balaban J connectivity index is 2.37. The van der Waals surface area contributed by atoms with Crippen molar-refractivity contribution in [1.29, 1.82) is 5.26 Å². The van der Waals surface area contributed by atoms with E-state index in [1.807, 2.05) is 6.07 Å². The van der Waals surface area contributed by atoms with Gasteiger partial charge < -0.3 is 21.7 Å². The average molecular weight is 367 g/mol. The molecule has 0 fully saturated rings. The molecular weight excluding hydrogens is 354 g/mol. The highest BCUT2D eigenvalue weighted by Gasteiger charge is 2.30. The lowest BCUT2D eigenvalue weighted by Gasteiger charge is -2.18. The van der Waals surface area contributed by atoms with Crippen molar-refractivity contribution in [3.8, 4) is 17.8 Å². The first kappa shape index (κ1) is 17.5. The van der Waals surface area contributed by atoms with Crippen molar-refractivity contribution < 1.29 is 10.2 Å². The predicted octanol–water partition coefficient (Wildman–Crippen LogP) is -0.519. The third-order valence-corrected chi connectivity index (χ3v) is 3.86. The average Bonchev–Trinajstić information content (AvgIpc) is 2.59. The molecule has 3 aromatic rings. The van der Waals surface area contributed by atoms with Crippen molar-refractivity contribution in [2.24, 2.45) is 0 Å². The van der Waals surface area contributed by atoms with Gasteiger partial charge in [-0.1, -0.05) is 12.1 Å². The SMILES string of the molecule is N#Cc1ccc(C(c2c(O)nc(N)[nH]c2=O)c2c(O)nc(N)[nH]c2=O)cc1. The summed E-state index contributed by atoms with van der Waals surface area (Å²) in [4.78, 5) is 36.5. The summed E-state index contributed by atoms with van der Waals surface area (Å²) in [5.74, 6) is -3.35. The van der Waals surface area contributed by atoms with Gasteiger partial charge in [0.2, 0.25) is 23.7 Å². The van der Waals surface area contributed by atoms with E-state index in [1.54, 1.807) is 0 Å². The van der Waals surface area contributed by atoms with Gasteiger partial charge in [-0.05, 0) is 17.7 Å². The zero-order chi connectivity index (χ0) is 19.7. The minimum atomic E-state index is -1.26. The van der Waals surface area contributed by atoms with E-state index in [1.165, 1.54) is 24.3 Å². The van der Waals surface area contributed by atoms with Gasteiger partial charge in [-0.15, -0.1) is 0 Å². The number of nitrogens with two attached hydrogens (primary N) is 2. The Kier molecular flexibility index (Phi) is 4.23. The molecule has 3 rings (SSSR count). The van der Waals surface area contributed by atoms with E-state index in [2.05, 4.69) is 19.9 Å². The number of anilines is 2. The summed E-state index contributed by atoms with van der Waals surface area (Å²) in [5, 5.41) is 29.4. The van der Waals surface area contributed by atoms with Gasteiger partial charge in [0, 0.05) is 0 Å². The largest absolute Gasteiger partial charge is 0.493 e. The fourth-order valence-electron chi connectivity index (χ4n) is 2.72. The van der Waals surface area contributed by atoms with Crippen LogP contribution in [0.5, 0.6) is 11.8 Å². The first-order valence-electron chi connectivity index (χ1n) is 7.49. The highest BCUT2D eigenvalue weighted by atomic mass is 16.3. The van der Waals surface area contributed by atoms with Crippen LogP contribution in [0.25, 0.3) is 0 Å². The van der Waals surface area contributed by atoms with Crippen LogP contribution in [-0.4, -0.2) is 30.1 Å². The highest BCUT2D eigenvalue weighted by Crippen LogP contribution is 2.35. The smallest absolute Gasteiger partial charge is 0.260 e. The lowest BCUT2D eigenvalue weighted by Crippen LogP contribution is -2.26. The number of hydrogen-bond acceptors (Lipinski definition) is 9. The molecule has 0 aliphatic heterocycles. The number of nitrogens with one attached hydrogen (secondary N) is 2. The molecular formula is C16H13N7O4. The molecule has 2 heterocycles. The fourth-order valence-corrected chi connectivity index (χ4v) is 2.72. The van der Waals surface area contributed by atoms with Gasteiger partial charge >= 0.3 is 0 Å². The van der Waals surface area contributed by atoms with E-state index in [-0.39, 0.29) is 23.0 Å². The van der Waals surface area contributed by atoms with Crippen LogP contribution in [0.3, 0.4) is 0 Å². The number of nitriles is 1. The van der Waals surface area contributed by atoms with Gasteiger partial charge in [0.05, 0.1) is 28.7 Å². The quantitative estimate of drug-likeness (QED) is 0.351. The van der Waals surface area contributed by atoms with Gasteiger partial charge in [-0.25, -0.2) is 0 Å². The fraction of sp³-hybridized carbons (Fsp3) is 0.0625. The maximum absolute atomic E-state index is 12.4. The van der Waals surface area contributed by atoms with E-state index >= 15 is 0 Å². The summed E-state index contributed by atoms with van der Waals surface area (Å²) in [6, 6.07) is 7.78. The van der Waals surface area contributed by atoms with Gasteiger partial charge in [0.25, 0.3) is 11.1 Å². The summed E-state index contributed by atoms with van der Waals surface area (Å²) in [6.07, 6.45) is 0. The first-order chi connectivity index (χ1) is 12.8. The number of aromatic amines is 2. The summed E-state index contributed by atoms with van der Waals surface area (Å²) >= 11 is 0. The second-order valence-corrected chi connectivity index (χ2v) is 5.54. The molecule has 27 heavy (non-hydrogen) atoms. The molecule has 0 bridgehead atoms. The standard InChI is InChI=1S/C16H13N7O4/c17-5-6-1-3-7(4-2-6)8(9-11(24)20-15(18)21-12(9)25)10-13(26)22-16(19)23-14(10)27/h1-4,8H,(H4,18,20,21,24,25)(H4,19,22,23,26,27). The van der Waals surface area contributed by atoms with Crippen LogP contribution in [-0.2, 0) is 0 Å². The molecule has 0 unspecified atom stereocenters. The second-order valence-electron chi connectivity index (χ2n) is 5.54. The molecule has 0 amide bonds. The predicted molar refractivity (Wildman–Crippen MR) is 94.0 cm³/mol. The summed E-state index contributed by atoms with van der Waals surface area (Å²) < 4.78 is 0. The Bertz CT molecular complexity index is 1110. The van der Waals surface area contributed by atoms with Gasteiger partial charge in [0.15, 0.2) is 0 Å². The summed E-state index contributed by atoms with van der Waals surface area (Å²) in [6.45, 7) is 0. The molecule has 0 spiro atoms. The van der Waals surface area contributed by atoms with Crippen LogP contribution in [0, 0.1) is 11.3 Å². The van der Waals surface area contributed by atoms with Crippen molar-refractivity contribution in [1.82, 2.24) is 19.9 Å². The molecule has 11 heteroatoms. The van der Waals surface area contributed by atoms with Gasteiger partial charge in [-0.2, -0.15) is 15.2 Å². The maximum atomic E-state index is 12.4. The van der Waals surface area contributed by atoms with Crippen molar-refractivity contribution in [2.45, 2.75) is 5.92 Å². The Morgan fingerprint density at radius 1 is 0.926 bits per heavy atom. The molecule has 0 saturated carbocycles. The number of aromatic hydroxyl groups is 2. The van der Waals surface area contributed by atoms with Crippen LogP contribution in [0.2, 0.25) is 0 Å². The van der Waals surface area contributed by atoms with Crippen LogP contribution in [0.4, 0.5) is 11.9 Å². The molecule has 8 N–H and O–H groups in total. The number of aromatic nitrogens is 4. The zero-order valence-electron chi connectivity index (χ0n) is 13.6. The molecule has 2 aromatic heterocycles. The van der Waals surface area contributed by atoms with Gasteiger partial charge in [0.1, 0.15) is 0 Å². The van der Waals surface area contributed by atoms with Crippen LogP contribution < -0.4 is 22.6 Å². The van der Waals surface area contributed by atoms with Crippen molar-refractivity contribution in [3.63, 3.8) is 0 Å². The van der Waals surface area contributed by atoms with E-state index < -0.39 is 28.8 Å². The maximum Gasteiger partial charge on any atom is 0.260 e. The molecule has 0 saturated heterocycles. The highest BCUT2D eigenvalue weighted by molar-refractivity contribution is 5.50. The van der Waals surface area contributed by atoms with Crippen LogP contribution >= 0.6 is 0 Å². The number of rotatable bonds is 3. The number of nitrogens with zero attached hydrogens (tertiary/aromatic N) is 3. The first-order valence-corrected chi connectivity index (χ1v) is 7.49. The van der Waals surface area contributed by atoms with Crippen molar-refractivity contribution in [2.75, 3.05) is 11.5 Å². The number of nitrogen functional groups attached to an aromatic ring is 2. The molecule has 0 aliphatic rings.